The second-order valence-corrected chi connectivity index (χ2v) is 6.69. The molecule has 2 aromatic rings. The van der Waals surface area contributed by atoms with E-state index in [1.165, 1.54) is 19.2 Å². The van der Waals surface area contributed by atoms with Gasteiger partial charge in [-0.2, -0.15) is 0 Å². The topological polar surface area (TPSA) is 123 Å². The van der Waals surface area contributed by atoms with Crippen molar-refractivity contribution in [2.24, 2.45) is 0 Å². The normalized spacial score (nSPS) is 10.1. The molecule has 2 rings (SSSR count). The Bertz CT molecular complexity index is 964. The van der Waals surface area contributed by atoms with Gasteiger partial charge in [-0.25, -0.2) is 0 Å². The number of hydrogen-bond acceptors (Lipinski definition) is 6. The van der Waals surface area contributed by atoms with Gasteiger partial charge in [-0.1, -0.05) is 19.4 Å². The number of nitro groups is 1. The molecule has 9 nitrogen and oxygen atoms in total. The highest BCUT2D eigenvalue weighted by atomic mass is 32.1. The zero-order chi connectivity index (χ0) is 22.1. The summed E-state index contributed by atoms with van der Waals surface area (Å²) in [5.74, 6) is -0.636. The predicted molar refractivity (Wildman–Crippen MR) is 118 cm³/mol. The van der Waals surface area contributed by atoms with Crippen LogP contribution in [0.3, 0.4) is 0 Å². The number of unbranched alkanes of at least 4 members (excludes halogenated alkanes) is 1. The Hall–Kier alpha value is -3.53. The van der Waals surface area contributed by atoms with E-state index in [1.807, 2.05) is 6.92 Å². The van der Waals surface area contributed by atoms with Crippen LogP contribution in [-0.4, -0.2) is 29.0 Å². The summed E-state index contributed by atoms with van der Waals surface area (Å²) < 4.78 is 4.92. The molecule has 0 heterocycles. The van der Waals surface area contributed by atoms with E-state index in [2.05, 4.69) is 16.0 Å². The van der Waals surface area contributed by atoms with Gasteiger partial charge < -0.3 is 15.4 Å². The molecule has 3 N–H and O–H groups in total. The Morgan fingerprint density at radius 1 is 1.13 bits per heavy atom. The van der Waals surface area contributed by atoms with Gasteiger partial charge in [-0.05, 0) is 49.0 Å². The lowest BCUT2D eigenvalue weighted by atomic mass is 10.1. The van der Waals surface area contributed by atoms with Crippen molar-refractivity contribution in [2.75, 3.05) is 17.7 Å². The van der Waals surface area contributed by atoms with Gasteiger partial charge in [-0.15, -0.1) is 0 Å². The average Bonchev–Trinajstić information content (AvgIpc) is 2.71. The third kappa shape index (κ3) is 6.52. The van der Waals surface area contributed by atoms with Crippen molar-refractivity contribution in [1.82, 2.24) is 5.32 Å². The van der Waals surface area contributed by atoms with Gasteiger partial charge in [0.25, 0.3) is 5.91 Å². The smallest absolute Gasteiger partial charge is 0.311 e. The fourth-order valence-corrected chi connectivity index (χ4v) is 2.76. The summed E-state index contributed by atoms with van der Waals surface area (Å²) in [6, 6.07) is 10.7. The van der Waals surface area contributed by atoms with Crippen molar-refractivity contribution >= 4 is 46.2 Å². The number of nitrogens with zero attached hydrogens (tertiary/aromatic N) is 1. The number of hydrogen-bond donors (Lipinski definition) is 3. The molecule has 0 aliphatic rings. The number of carbonyl (C=O) groups is 2. The van der Waals surface area contributed by atoms with E-state index in [1.54, 1.807) is 24.3 Å². The predicted octanol–water partition coefficient (Wildman–Crippen LogP) is 3.86. The summed E-state index contributed by atoms with van der Waals surface area (Å²) in [5.41, 5.74) is 0.898. The molecule has 2 amide bonds. The van der Waals surface area contributed by atoms with Crippen LogP contribution in [0.1, 0.15) is 36.5 Å². The van der Waals surface area contributed by atoms with Gasteiger partial charge >= 0.3 is 5.69 Å². The van der Waals surface area contributed by atoms with E-state index < -0.39 is 10.8 Å². The van der Waals surface area contributed by atoms with E-state index in [0.29, 0.717) is 17.8 Å². The number of ether oxygens (including phenoxy) is 1. The molecule has 0 saturated carbocycles. The van der Waals surface area contributed by atoms with Crippen LogP contribution in [0.15, 0.2) is 42.5 Å². The van der Waals surface area contributed by atoms with E-state index in [0.717, 1.165) is 18.9 Å². The number of nitrogens with one attached hydrogen (secondary N) is 3. The number of thiocarbonyl (C=S) groups is 1. The highest BCUT2D eigenvalue weighted by Gasteiger charge is 2.18. The standard InChI is InChI=1S/C20H22N4O5S/c1-3-4-8-18(25)21-14-6-5-7-15(12-14)22-20(30)23-19(26)13-9-10-17(29-2)16(11-13)24(27)28/h5-7,9-12H,3-4,8H2,1-2H3,(H,21,25)(H2,22,23,26,30). The van der Waals surface area contributed by atoms with Gasteiger partial charge in [0, 0.05) is 29.4 Å². The van der Waals surface area contributed by atoms with Crippen LogP contribution in [0.2, 0.25) is 0 Å². The Balaban J connectivity index is 2.01. The number of benzene rings is 2. The summed E-state index contributed by atoms with van der Waals surface area (Å²) in [7, 11) is 1.31. The Kier molecular flexibility index (Phi) is 8.24. The van der Waals surface area contributed by atoms with Crippen LogP contribution in [-0.2, 0) is 4.79 Å². The molecule has 0 radical (unpaired) electrons. The van der Waals surface area contributed by atoms with Crippen molar-refractivity contribution in [2.45, 2.75) is 26.2 Å². The summed E-state index contributed by atoms with van der Waals surface area (Å²) in [6.07, 6.45) is 2.18. The maximum absolute atomic E-state index is 12.4. The minimum Gasteiger partial charge on any atom is -0.490 e. The number of carbonyl (C=O) groups excluding carboxylic acids is 2. The molecule has 0 saturated heterocycles. The minimum atomic E-state index is -0.632. The first-order valence-corrected chi connectivity index (χ1v) is 9.59. The molecular weight excluding hydrogens is 408 g/mol. The quantitative estimate of drug-likeness (QED) is 0.330. The first-order chi connectivity index (χ1) is 14.3. The second kappa shape index (κ2) is 10.9. The SMILES string of the molecule is CCCCC(=O)Nc1cccc(NC(=S)NC(=O)c2ccc(OC)c([N+](=O)[O-])c2)c1. The molecule has 10 heteroatoms. The maximum atomic E-state index is 12.4. The van der Waals surface area contributed by atoms with Crippen molar-refractivity contribution < 1.29 is 19.2 Å². The van der Waals surface area contributed by atoms with Crippen molar-refractivity contribution in [3.8, 4) is 5.75 Å². The van der Waals surface area contributed by atoms with E-state index in [4.69, 9.17) is 17.0 Å². The fraction of sp³-hybridized carbons (Fsp3) is 0.250. The third-order valence-corrected chi connectivity index (χ3v) is 4.23. The molecule has 0 aliphatic carbocycles. The summed E-state index contributed by atoms with van der Waals surface area (Å²) >= 11 is 5.14. The molecule has 0 atom stereocenters. The molecule has 0 spiro atoms. The molecule has 158 valence electrons. The Morgan fingerprint density at radius 2 is 1.83 bits per heavy atom. The molecule has 0 fully saturated rings. The number of methoxy groups -OCH3 is 1. The third-order valence-electron chi connectivity index (χ3n) is 4.03. The number of rotatable bonds is 8. The Morgan fingerprint density at radius 3 is 2.47 bits per heavy atom. The van der Waals surface area contributed by atoms with Crippen molar-refractivity contribution in [3.63, 3.8) is 0 Å². The van der Waals surface area contributed by atoms with Crippen LogP contribution in [0.4, 0.5) is 17.1 Å². The van der Waals surface area contributed by atoms with E-state index in [9.17, 15) is 19.7 Å². The van der Waals surface area contributed by atoms with Gasteiger partial charge in [0.05, 0.1) is 12.0 Å². The zero-order valence-electron chi connectivity index (χ0n) is 16.6. The number of amides is 2. The maximum Gasteiger partial charge on any atom is 0.311 e. The van der Waals surface area contributed by atoms with Crippen molar-refractivity contribution in [3.05, 3.63) is 58.1 Å². The van der Waals surface area contributed by atoms with Crippen molar-refractivity contribution in [1.29, 1.82) is 0 Å². The fourth-order valence-electron chi connectivity index (χ4n) is 2.55. The Labute approximate surface area is 179 Å². The molecule has 2 aromatic carbocycles. The van der Waals surface area contributed by atoms with Gasteiger partial charge in [0.1, 0.15) is 0 Å². The van der Waals surface area contributed by atoms with E-state index in [-0.39, 0.29) is 28.0 Å². The number of nitro benzene ring substituents is 1. The lowest BCUT2D eigenvalue weighted by Gasteiger charge is -2.12. The monoisotopic (exact) mass is 430 g/mol. The molecular formula is C20H22N4O5S. The molecule has 30 heavy (non-hydrogen) atoms. The largest absolute Gasteiger partial charge is 0.490 e. The highest BCUT2D eigenvalue weighted by Crippen LogP contribution is 2.27. The molecule has 0 bridgehead atoms. The summed E-state index contributed by atoms with van der Waals surface area (Å²) in [5, 5.41) is 19.2. The summed E-state index contributed by atoms with van der Waals surface area (Å²) in [4.78, 5) is 34.7. The van der Waals surface area contributed by atoms with Crippen LogP contribution in [0, 0.1) is 10.1 Å². The lowest BCUT2D eigenvalue weighted by molar-refractivity contribution is -0.385. The minimum absolute atomic E-state index is 0.00734. The lowest BCUT2D eigenvalue weighted by Crippen LogP contribution is -2.34. The average molecular weight is 430 g/mol. The van der Waals surface area contributed by atoms with Crippen LogP contribution in [0.25, 0.3) is 0 Å². The van der Waals surface area contributed by atoms with Crippen LogP contribution in [0.5, 0.6) is 5.75 Å². The van der Waals surface area contributed by atoms with Crippen LogP contribution < -0.4 is 20.7 Å². The summed E-state index contributed by atoms with van der Waals surface area (Å²) in [6.45, 7) is 2.01. The van der Waals surface area contributed by atoms with Gasteiger partial charge in [-0.3, -0.25) is 25.0 Å². The second-order valence-electron chi connectivity index (χ2n) is 6.28. The highest BCUT2D eigenvalue weighted by molar-refractivity contribution is 7.80. The molecule has 0 unspecified atom stereocenters. The molecule has 0 aliphatic heterocycles. The molecule has 0 aromatic heterocycles. The first-order valence-electron chi connectivity index (χ1n) is 9.18. The van der Waals surface area contributed by atoms with Gasteiger partial charge in [0.2, 0.25) is 5.91 Å². The van der Waals surface area contributed by atoms with Crippen LogP contribution >= 0.6 is 12.2 Å². The first kappa shape index (κ1) is 22.8. The van der Waals surface area contributed by atoms with E-state index >= 15 is 0 Å². The zero-order valence-corrected chi connectivity index (χ0v) is 17.4. The number of anilines is 2. The van der Waals surface area contributed by atoms with Gasteiger partial charge in [0.15, 0.2) is 10.9 Å².